The van der Waals surface area contributed by atoms with Gasteiger partial charge in [0.25, 0.3) is 0 Å². The minimum absolute atomic E-state index is 0.00791. The van der Waals surface area contributed by atoms with Gasteiger partial charge in [-0.15, -0.1) is 0 Å². The van der Waals surface area contributed by atoms with Gasteiger partial charge in [0, 0.05) is 19.6 Å². The molecule has 20 heavy (non-hydrogen) atoms. The van der Waals surface area contributed by atoms with Crippen LogP contribution in [0.1, 0.15) is 30.6 Å². The van der Waals surface area contributed by atoms with Gasteiger partial charge < -0.3 is 10.6 Å². The number of halogens is 1. The Bertz CT molecular complexity index is 537. The zero-order valence-electron chi connectivity index (χ0n) is 11.9. The van der Waals surface area contributed by atoms with Gasteiger partial charge in [-0.3, -0.25) is 4.98 Å². The average molecular weight is 273 g/mol. The number of pyridine rings is 1. The van der Waals surface area contributed by atoms with Crippen LogP contribution in [0, 0.1) is 5.82 Å². The highest BCUT2D eigenvalue weighted by Gasteiger charge is 2.07. The number of aromatic nitrogens is 1. The molecule has 0 spiro atoms. The molecule has 106 valence electrons. The van der Waals surface area contributed by atoms with Crippen molar-refractivity contribution < 1.29 is 4.39 Å². The summed E-state index contributed by atoms with van der Waals surface area (Å²) in [5.74, 6) is -0.212. The fraction of sp³-hybridized carbons (Fsp3) is 0.312. The van der Waals surface area contributed by atoms with Crippen LogP contribution in [0.5, 0.6) is 0 Å². The molecule has 1 unspecified atom stereocenters. The highest BCUT2D eigenvalue weighted by atomic mass is 19.1. The number of anilines is 1. The van der Waals surface area contributed by atoms with Crippen LogP contribution in [-0.4, -0.2) is 12.0 Å². The molecule has 0 amide bonds. The first-order valence-electron chi connectivity index (χ1n) is 6.77. The Morgan fingerprint density at radius 3 is 2.45 bits per heavy atom. The maximum absolute atomic E-state index is 12.9. The van der Waals surface area contributed by atoms with Crippen LogP contribution in [0.15, 0.2) is 42.6 Å². The number of nitrogens with two attached hydrogens (primary N) is 1. The van der Waals surface area contributed by atoms with Gasteiger partial charge in [-0.2, -0.15) is 0 Å². The SMILES string of the molecule is CCC(N)c1ccc(N(C)Cc2ccc(F)cc2)cn1. The van der Waals surface area contributed by atoms with E-state index in [1.807, 2.05) is 32.3 Å². The number of rotatable bonds is 5. The Morgan fingerprint density at radius 2 is 1.90 bits per heavy atom. The topological polar surface area (TPSA) is 42.1 Å². The van der Waals surface area contributed by atoms with Crippen LogP contribution in [0.25, 0.3) is 0 Å². The van der Waals surface area contributed by atoms with Crippen LogP contribution < -0.4 is 10.6 Å². The van der Waals surface area contributed by atoms with Crippen LogP contribution in [0.4, 0.5) is 10.1 Å². The molecule has 1 aromatic carbocycles. The second-order valence-electron chi connectivity index (χ2n) is 4.94. The molecular weight excluding hydrogens is 253 g/mol. The number of benzene rings is 1. The van der Waals surface area contributed by atoms with Gasteiger partial charge in [-0.05, 0) is 36.2 Å². The van der Waals surface area contributed by atoms with Crippen molar-refractivity contribution in [3.63, 3.8) is 0 Å². The summed E-state index contributed by atoms with van der Waals surface area (Å²) in [5.41, 5.74) is 8.93. The molecule has 2 rings (SSSR count). The first kappa shape index (κ1) is 14.5. The summed E-state index contributed by atoms with van der Waals surface area (Å²) in [6.45, 7) is 2.75. The van der Waals surface area contributed by atoms with E-state index in [0.717, 1.165) is 23.4 Å². The van der Waals surface area contributed by atoms with E-state index in [9.17, 15) is 4.39 Å². The molecule has 3 nitrogen and oxygen atoms in total. The van der Waals surface area contributed by atoms with Gasteiger partial charge in [-0.25, -0.2) is 4.39 Å². The van der Waals surface area contributed by atoms with E-state index in [2.05, 4.69) is 9.88 Å². The lowest BCUT2D eigenvalue weighted by Gasteiger charge is -2.20. The molecule has 1 atom stereocenters. The van der Waals surface area contributed by atoms with Crippen LogP contribution >= 0.6 is 0 Å². The maximum Gasteiger partial charge on any atom is 0.123 e. The molecule has 0 aliphatic carbocycles. The van der Waals surface area contributed by atoms with E-state index in [-0.39, 0.29) is 11.9 Å². The Morgan fingerprint density at radius 1 is 1.20 bits per heavy atom. The summed E-state index contributed by atoms with van der Waals surface area (Å²) < 4.78 is 12.9. The van der Waals surface area contributed by atoms with E-state index < -0.39 is 0 Å². The highest BCUT2D eigenvalue weighted by molar-refractivity contribution is 5.44. The van der Waals surface area contributed by atoms with Crippen molar-refractivity contribution in [3.05, 3.63) is 59.7 Å². The minimum atomic E-state index is -0.212. The van der Waals surface area contributed by atoms with Crippen molar-refractivity contribution in [2.75, 3.05) is 11.9 Å². The summed E-state index contributed by atoms with van der Waals surface area (Å²) in [6, 6.07) is 10.5. The smallest absolute Gasteiger partial charge is 0.123 e. The molecule has 0 bridgehead atoms. The zero-order valence-corrected chi connectivity index (χ0v) is 11.9. The van der Waals surface area contributed by atoms with E-state index in [1.54, 1.807) is 12.1 Å². The van der Waals surface area contributed by atoms with Gasteiger partial charge in [-0.1, -0.05) is 19.1 Å². The van der Waals surface area contributed by atoms with Crippen molar-refractivity contribution in [1.29, 1.82) is 0 Å². The Hall–Kier alpha value is -1.94. The molecule has 0 fully saturated rings. The quantitative estimate of drug-likeness (QED) is 0.909. The number of hydrogen-bond donors (Lipinski definition) is 1. The van der Waals surface area contributed by atoms with E-state index in [0.29, 0.717) is 6.54 Å². The van der Waals surface area contributed by atoms with Crippen molar-refractivity contribution in [1.82, 2.24) is 4.98 Å². The van der Waals surface area contributed by atoms with Crippen molar-refractivity contribution >= 4 is 5.69 Å². The van der Waals surface area contributed by atoms with Gasteiger partial charge in [0.05, 0.1) is 17.6 Å². The van der Waals surface area contributed by atoms with E-state index in [1.165, 1.54) is 12.1 Å². The zero-order chi connectivity index (χ0) is 14.5. The summed E-state index contributed by atoms with van der Waals surface area (Å²) in [5, 5.41) is 0. The van der Waals surface area contributed by atoms with Crippen LogP contribution in [0.2, 0.25) is 0 Å². The predicted octanol–water partition coefficient (Wildman–Crippen LogP) is 3.27. The molecule has 2 aromatic rings. The Balaban J connectivity index is 2.05. The normalized spacial score (nSPS) is 12.2. The van der Waals surface area contributed by atoms with Crippen LogP contribution in [0.3, 0.4) is 0 Å². The monoisotopic (exact) mass is 273 g/mol. The van der Waals surface area contributed by atoms with Crippen molar-refractivity contribution in [2.24, 2.45) is 5.73 Å². The fourth-order valence-electron chi connectivity index (χ4n) is 2.01. The highest BCUT2D eigenvalue weighted by Crippen LogP contribution is 2.18. The first-order chi connectivity index (χ1) is 9.60. The van der Waals surface area contributed by atoms with Gasteiger partial charge >= 0.3 is 0 Å². The standard InChI is InChI=1S/C16H20FN3/c1-3-15(18)16-9-8-14(10-19-16)20(2)11-12-4-6-13(17)7-5-12/h4-10,15H,3,11,18H2,1-2H3. The Labute approximate surface area is 119 Å². The third kappa shape index (κ3) is 3.54. The summed E-state index contributed by atoms with van der Waals surface area (Å²) in [7, 11) is 1.99. The number of nitrogens with zero attached hydrogens (tertiary/aromatic N) is 2. The lowest BCUT2D eigenvalue weighted by atomic mass is 10.1. The van der Waals surface area contributed by atoms with Crippen molar-refractivity contribution in [3.8, 4) is 0 Å². The second-order valence-corrected chi connectivity index (χ2v) is 4.94. The molecule has 4 heteroatoms. The third-order valence-electron chi connectivity index (χ3n) is 3.36. The minimum Gasteiger partial charge on any atom is -0.369 e. The molecule has 1 aromatic heterocycles. The molecule has 0 radical (unpaired) electrons. The Kier molecular flexibility index (Phi) is 4.69. The van der Waals surface area contributed by atoms with Gasteiger partial charge in [0.1, 0.15) is 5.82 Å². The predicted molar refractivity (Wildman–Crippen MR) is 80.0 cm³/mol. The van der Waals surface area contributed by atoms with Crippen LogP contribution in [-0.2, 0) is 6.54 Å². The molecule has 0 aliphatic rings. The largest absolute Gasteiger partial charge is 0.369 e. The molecule has 0 saturated heterocycles. The summed E-state index contributed by atoms with van der Waals surface area (Å²) in [6.07, 6.45) is 2.70. The van der Waals surface area contributed by atoms with E-state index in [4.69, 9.17) is 5.73 Å². The molecule has 0 aliphatic heterocycles. The average Bonchev–Trinajstić information content (AvgIpc) is 2.49. The van der Waals surface area contributed by atoms with Gasteiger partial charge in [0.2, 0.25) is 0 Å². The van der Waals surface area contributed by atoms with E-state index >= 15 is 0 Å². The fourth-order valence-corrected chi connectivity index (χ4v) is 2.01. The summed E-state index contributed by atoms with van der Waals surface area (Å²) in [4.78, 5) is 6.47. The van der Waals surface area contributed by atoms with Crippen molar-refractivity contribution in [2.45, 2.75) is 25.9 Å². The van der Waals surface area contributed by atoms with Gasteiger partial charge in [0.15, 0.2) is 0 Å². The molecule has 0 saturated carbocycles. The molecule has 2 N–H and O–H groups in total. The lowest BCUT2D eigenvalue weighted by Crippen LogP contribution is -2.17. The molecular formula is C16H20FN3. The molecule has 1 heterocycles. The lowest BCUT2D eigenvalue weighted by molar-refractivity contribution is 0.627. The summed E-state index contributed by atoms with van der Waals surface area (Å²) >= 11 is 0. The maximum atomic E-state index is 12.9. The third-order valence-corrected chi connectivity index (χ3v) is 3.36. The first-order valence-corrected chi connectivity index (χ1v) is 6.77. The second kappa shape index (κ2) is 6.48. The number of hydrogen-bond acceptors (Lipinski definition) is 3.